The van der Waals surface area contributed by atoms with Gasteiger partial charge in [-0.05, 0) is 6.92 Å². The van der Waals surface area contributed by atoms with Gasteiger partial charge in [-0.15, -0.1) is 0 Å². The van der Waals surface area contributed by atoms with Gasteiger partial charge in [0.05, 0.1) is 25.4 Å². The highest BCUT2D eigenvalue weighted by Crippen LogP contribution is 2.01. The van der Waals surface area contributed by atoms with Gasteiger partial charge in [0.25, 0.3) is 0 Å². The summed E-state index contributed by atoms with van der Waals surface area (Å²) in [6, 6.07) is -5.57. The molecular weight excluding hydrogens is 404 g/mol. The molecule has 0 aliphatic heterocycles. The number of imidazole rings is 1. The monoisotopic (exact) mass is 428 g/mol. The van der Waals surface area contributed by atoms with Gasteiger partial charge in [0.2, 0.25) is 17.7 Å². The first-order valence-corrected chi connectivity index (χ1v) is 8.74. The van der Waals surface area contributed by atoms with Gasteiger partial charge >= 0.3 is 11.9 Å². The molecule has 0 aliphatic rings. The molecule has 14 nitrogen and oxygen atoms in total. The number of hydrogen-bond donors (Lipinski definition) is 8. The van der Waals surface area contributed by atoms with Crippen LogP contribution in [-0.2, 0) is 30.4 Å². The average molecular weight is 428 g/mol. The predicted molar refractivity (Wildman–Crippen MR) is 98.7 cm³/mol. The molecule has 0 aliphatic carbocycles. The molecule has 14 heteroatoms. The number of nitrogens with two attached hydrogens (primary N) is 1. The lowest BCUT2D eigenvalue weighted by molar-refractivity contribution is -0.143. The first-order chi connectivity index (χ1) is 14.0. The summed E-state index contributed by atoms with van der Waals surface area (Å²) in [5, 5.41) is 34.0. The topological polar surface area (TPSA) is 237 Å². The van der Waals surface area contributed by atoms with Crippen molar-refractivity contribution in [2.24, 2.45) is 5.73 Å². The third-order valence-corrected chi connectivity index (χ3v) is 3.83. The van der Waals surface area contributed by atoms with Crippen LogP contribution in [0.1, 0.15) is 19.0 Å². The molecule has 0 spiro atoms. The number of aliphatic hydroxyl groups is 1. The maximum absolute atomic E-state index is 12.3. The Balaban J connectivity index is 2.83. The Morgan fingerprint density at radius 2 is 1.60 bits per heavy atom. The summed E-state index contributed by atoms with van der Waals surface area (Å²) in [6.45, 7) is 0.412. The van der Waals surface area contributed by atoms with Crippen molar-refractivity contribution in [1.82, 2.24) is 25.9 Å². The van der Waals surface area contributed by atoms with Crippen LogP contribution in [0.15, 0.2) is 12.5 Å². The van der Waals surface area contributed by atoms with E-state index in [1.54, 1.807) is 0 Å². The van der Waals surface area contributed by atoms with Crippen LogP contribution < -0.4 is 21.7 Å². The lowest BCUT2D eigenvalue weighted by Gasteiger charge is -2.23. The number of rotatable bonds is 12. The van der Waals surface area contributed by atoms with E-state index in [1.807, 2.05) is 0 Å². The van der Waals surface area contributed by atoms with Crippen LogP contribution in [0.2, 0.25) is 0 Å². The molecule has 0 saturated carbocycles. The number of carbonyl (C=O) groups excluding carboxylic acids is 3. The van der Waals surface area contributed by atoms with Crippen molar-refractivity contribution in [2.75, 3.05) is 6.61 Å². The summed E-state index contributed by atoms with van der Waals surface area (Å²) < 4.78 is 0. The van der Waals surface area contributed by atoms with E-state index in [4.69, 9.17) is 10.8 Å². The molecule has 1 aromatic rings. The third-order valence-electron chi connectivity index (χ3n) is 3.83. The number of hydrogen-bond acceptors (Lipinski definition) is 8. The number of amides is 3. The van der Waals surface area contributed by atoms with Crippen LogP contribution in [0.25, 0.3) is 0 Å². The number of aromatic nitrogens is 2. The number of carboxylic acid groups (broad SMARTS) is 2. The van der Waals surface area contributed by atoms with Crippen LogP contribution in [0.5, 0.6) is 0 Å². The van der Waals surface area contributed by atoms with Crippen molar-refractivity contribution < 1.29 is 39.3 Å². The Kier molecular flexibility index (Phi) is 9.38. The second-order valence-electron chi connectivity index (χ2n) is 6.37. The molecular formula is C16H24N6O8. The quantitative estimate of drug-likeness (QED) is 0.162. The highest BCUT2D eigenvalue weighted by atomic mass is 16.4. The van der Waals surface area contributed by atoms with Gasteiger partial charge in [0.15, 0.2) is 0 Å². The number of H-pyrrole nitrogens is 1. The summed E-state index contributed by atoms with van der Waals surface area (Å²) in [5.41, 5.74) is 5.80. The fourth-order valence-electron chi connectivity index (χ4n) is 2.24. The molecule has 0 radical (unpaired) electrons. The van der Waals surface area contributed by atoms with E-state index in [2.05, 4.69) is 25.9 Å². The van der Waals surface area contributed by atoms with Gasteiger partial charge in [-0.3, -0.25) is 19.2 Å². The van der Waals surface area contributed by atoms with Crippen LogP contribution in [0.3, 0.4) is 0 Å². The minimum absolute atomic E-state index is 0.140. The van der Waals surface area contributed by atoms with Crippen molar-refractivity contribution in [3.8, 4) is 0 Å². The summed E-state index contributed by atoms with van der Waals surface area (Å²) in [7, 11) is 0. The second kappa shape index (κ2) is 11.5. The minimum atomic E-state index is -1.59. The van der Waals surface area contributed by atoms with Crippen LogP contribution >= 0.6 is 0 Å². The fraction of sp³-hybridized carbons (Fsp3) is 0.500. The maximum atomic E-state index is 12.3. The van der Waals surface area contributed by atoms with E-state index in [-0.39, 0.29) is 6.42 Å². The normalized spacial score (nSPS) is 14.6. The number of aliphatic hydroxyl groups excluding tert-OH is 1. The van der Waals surface area contributed by atoms with Crippen LogP contribution in [-0.4, -0.2) is 85.7 Å². The summed E-state index contributed by atoms with van der Waals surface area (Å²) >= 11 is 0. The van der Waals surface area contributed by atoms with E-state index in [1.165, 1.54) is 19.4 Å². The molecule has 4 unspecified atom stereocenters. The van der Waals surface area contributed by atoms with Gasteiger partial charge in [-0.25, -0.2) is 9.78 Å². The molecule has 1 rings (SSSR count). The highest BCUT2D eigenvalue weighted by molar-refractivity contribution is 5.95. The zero-order valence-corrected chi connectivity index (χ0v) is 16.0. The Bertz CT molecular complexity index is 766. The van der Waals surface area contributed by atoms with E-state index in [9.17, 15) is 34.2 Å². The Labute approximate surface area is 170 Å². The minimum Gasteiger partial charge on any atom is -0.481 e. The van der Waals surface area contributed by atoms with E-state index >= 15 is 0 Å². The molecule has 0 fully saturated rings. The largest absolute Gasteiger partial charge is 0.481 e. The van der Waals surface area contributed by atoms with E-state index < -0.39 is 66.9 Å². The molecule has 0 saturated heterocycles. The van der Waals surface area contributed by atoms with Crippen molar-refractivity contribution in [3.63, 3.8) is 0 Å². The van der Waals surface area contributed by atoms with Crippen molar-refractivity contribution in [2.45, 2.75) is 43.9 Å². The molecule has 3 amide bonds. The zero-order chi connectivity index (χ0) is 22.8. The number of carbonyl (C=O) groups is 5. The van der Waals surface area contributed by atoms with Gasteiger partial charge in [-0.1, -0.05) is 0 Å². The lowest BCUT2D eigenvalue weighted by Crippen LogP contribution is -2.58. The maximum Gasteiger partial charge on any atom is 0.326 e. The van der Waals surface area contributed by atoms with Crippen molar-refractivity contribution >= 4 is 29.7 Å². The first kappa shape index (κ1) is 24.5. The average Bonchev–Trinajstić information content (AvgIpc) is 3.17. The zero-order valence-electron chi connectivity index (χ0n) is 16.0. The van der Waals surface area contributed by atoms with E-state index in [0.717, 1.165) is 0 Å². The number of aromatic amines is 1. The molecule has 1 aromatic heterocycles. The van der Waals surface area contributed by atoms with Crippen molar-refractivity contribution in [1.29, 1.82) is 0 Å². The number of carboxylic acids is 2. The second-order valence-corrected chi connectivity index (χ2v) is 6.37. The Hall–Kier alpha value is -3.52. The summed E-state index contributed by atoms with van der Waals surface area (Å²) in [6.07, 6.45) is 1.75. The highest BCUT2D eigenvalue weighted by Gasteiger charge is 2.30. The first-order valence-electron chi connectivity index (χ1n) is 8.74. The summed E-state index contributed by atoms with van der Waals surface area (Å²) in [5.74, 6) is -5.66. The fourth-order valence-corrected chi connectivity index (χ4v) is 2.24. The molecule has 9 N–H and O–H groups in total. The van der Waals surface area contributed by atoms with Crippen LogP contribution in [0, 0.1) is 0 Å². The molecule has 166 valence electrons. The molecule has 1 heterocycles. The van der Waals surface area contributed by atoms with Crippen molar-refractivity contribution in [3.05, 3.63) is 18.2 Å². The third kappa shape index (κ3) is 7.84. The molecule has 4 atom stereocenters. The van der Waals surface area contributed by atoms with E-state index in [0.29, 0.717) is 5.69 Å². The van der Waals surface area contributed by atoms with Gasteiger partial charge in [-0.2, -0.15) is 0 Å². The number of nitrogens with zero attached hydrogens (tertiary/aromatic N) is 1. The Morgan fingerprint density at radius 3 is 2.07 bits per heavy atom. The molecule has 0 aromatic carbocycles. The van der Waals surface area contributed by atoms with Gasteiger partial charge in [0.1, 0.15) is 18.1 Å². The Morgan fingerprint density at radius 1 is 1.03 bits per heavy atom. The SMILES string of the molecule is CC(N)C(=O)NC(CC(=O)O)C(=O)NC(CO)C(=O)NC(Cc1cnc[nH]1)C(=O)O. The molecule has 0 bridgehead atoms. The summed E-state index contributed by atoms with van der Waals surface area (Å²) in [4.78, 5) is 65.1. The van der Waals surface area contributed by atoms with Gasteiger partial charge < -0.3 is 42.0 Å². The predicted octanol–water partition coefficient (Wildman–Crippen LogP) is -3.69. The number of aliphatic carboxylic acids is 2. The van der Waals surface area contributed by atoms with Crippen LogP contribution in [0.4, 0.5) is 0 Å². The standard InChI is InChI=1S/C16H24N6O8/c1-7(17)13(26)20-9(3-12(24)25)14(27)22-11(5-23)15(28)21-10(16(29)30)2-8-4-18-6-19-8/h4,6-7,9-11,23H,2-3,5,17H2,1H3,(H,18,19)(H,20,26)(H,21,28)(H,22,27)(H,24,25)(H,29,30). The number of nitrogens with one attached hydrogen (secondary N) is 4. The lowest BCUT2D eigenvalue weighted by atomic mass is 10.1. The van der Waals surface area contributed by atoms with Gasteiger partial charge in [0, 0.05) is 18.3 Å². The smallest absolute Gasteiger partial charge is 0.326 e. The molecule has 30 heavy (non-hydrogen) atoms.